The van der Waals surface area contributed by atoms with Crippen LogP contribution in [-0.2, 0) is 14.0 Å². The molecule has 0 atom stereocenters. The second-order valence-electron chi connectivity index (χ2n) is 5.94. The fourth-order valence-corrected chi connectivity index (χ4v) is 1.92. The third-order valence-electron chi connectivity index (χ3n) is 3.94. The van der Waals surface area contributed by atoms with E-state index in [0.29, 0.717) is 5.46 Å². The van der Waals surface area contributed by atoms with E-state index in [9.17, 15) is 9.18 Å². The predicted octanol–water partition coefficient (Wildman–Crippen LogP) is 2.30. The van der Waals surface area contributed by atoms with Crippen molar-refractivity contribution in [3.05, 3.63) is 24.0 Å². The topological polar surface area (TPSA) is 56.8 Å². The molecule has 1 aliphatic rings. The van der Waals surface area contributed by atoms with E-state index in [1.54, 1.807) is 6.07 Å². The molecule has 1 heterocycles. The van der Waals surface area contributed by atoms with Gasteiger partial charge in [-0.1, -0.05) is 6.07 Å². The molecule has 1 aliphatic heterocycles. The Labute approximate surface area is 123 Å². The Morgan fingerprint density at radius 3 is 2.29 bits per heavy atom. The van der Waals surface area contributed by atoms with Gasteiger partial charge >= 0.3 is 13.2 Å². The Bertz CT molecular complexity index is 546. The lowest BCUT2D eigenvalue weighted by Crippen LogP contribution is -2.41. The SMILES string of the molecule is COC(=O)Nc1ccc(B2OC(C)(C)C(C)(C)O2)cc1F. The average Bonchev–Trinajstić information content (AvgIpc) is 2.60. The van der Waals surface area contributed by atoms with E-state index in [1.165, 1.54) is 19.2 Å². The quantitative estimate of drug-likeness (QED) is 0.851. The number of ether oxygens (including phenoxy) is 1. The first-order valence-corrected chi connectivity index (χ1v) is 6.66. The Balaban J connectivity index is 2.20. The standard InChI is InChI=1S/C14H19BFNO4/c1-13(2)14(3,4)21-15(20-13)9-6-7-11(10(16)8-9)17-12(18)19-5/h6-8H,1-5H3,(H,17,18). The van der Waals surface area contributed by atoms with Crippen LogP contribution >= 0.6 is 0 Å². The molecule has 1 fully saturated rings. The summed E-state index contributed by atoms with van der Waals surface area (Å²) in [5.74, 6) is -0.576. The van der Waals surface area contributed by atoms with Crippen molar-refractivity contribution < 1.29 is 23.2 Å². The normalized spacial score (nSPS) is 19.4. The number of amides is 1. The van der Waals surface area contributed by atoms with Crippen LogP contribution in [0.4, 0.5) is 14.9 Å². The molecule has 1 aromatic carbocycles. The van der Waals surface area contributed by atoms with E-state index in [2.05, 4.69) is 10.1 Å². The number of anilines is 1. The van der Waals surface area contributed by atoms with Crippen molar-refractivity contribution in [1.29, 1.82) is 0 Å². The highest BCUT2D eigenvalue weighted by Crippen LogP contribution is 2.36. The monoisotopic (exact) mass is 295 g/mol. The number of hydrogen-bond donors (Lipinski definition) is 1. The molecule has 1 N–H and O–H groups in total. The molecule has 0 radical (unpaired) electrons. The maximum Gasteiger partial charge on any atom is 0.494 e. The number of halogens is 1. The largest absolute Gasteiger partial charge is 0.494 e. The van der Waals surface area contributed by atoms with Crippen molar-refractivity contribution in [1.82, 2.24) is 0 Å². The molecule has 2 rings (SSSR count). The van der Waals surface area contributed by atoms with Gasteiger partial charge in [-0.2, -0.15) is 0 Å². The fourth-order valence-electron chi connectivity index (χ4n) is 1.92. The number of carbonyl (C=O) groups excluding carboxylic acids is 1. The molecule has 0 bridgehead atoms. The predicted molar refractivity (Wildman–Crippen MR) is 78.1 cm³/mol. The molecule has 0 unspecified atom stereocenters. The number of methoxy groups -OCH3 is 1. The van der Waals surface area contributed by atoms with Crippen LogP contribution < -0.4 is 10.8 Å². The number of rotatable bonds is 2. The van der Waals surface area contributed by atoms with E-state index in [1.807, 2.05) is 27.7 Å². The summed E-state index contributed by atoms with van der Waals surface area (Å²) in [6.45, 7) is 7.71. The van der Waals surface area contributed by atoms with Crippen molar-refractivity contribution in [3.63, 3.8) is 0 Å². The van der Waals surface area contributed by atoms with Crippen LogP contribution in [0.2, 0.25) is 0 Å². The summed E-state index contributed by atoms with van der Waals surface area (Å²) in [6.07, 6.45) is -0.725. The van der Waals surface area contributed by atoms with E-state index in [4.69, 9.17) is 9.31 Å². The Hall–Kier alpha value is -1.60. The van der Waals surface area contributed by atoms with Crippen molar-refractivity contribution in [2.45, 2.75) is 38.9 Å². The summed E-state index contributed by atoms with van der Waals surface area (Å²) >= 11 is 0. The van der Waals surface area contributed by atoms with Crippen molar-refractivity contribution >= 4 is 24.4 Å². The molecule has 114 valence electrons. The van der Waals surface area contributed by atoms with Gasteiger partial charge in [-0.3, -0.25) is 5.32 Å². The molecule has 5 nitrogen and oxygen atoms in total. The zero-order valence-electron chi connectivity index (χ0n) is 12.8. The van der Waals surface area contributed by atoms with E-state index in [0.717, 1.165) is 0 Å². The van der Waals surface area contributed by atoms with Gasteiger partial charge < -0.3 is 14.0 Å². The first kappa shape index (κ1) is 15.8. The van der Waals surface area contributed by atoms with E-state index in [-0.39, 0.29) is 5.69 Å². The average molecular weight is 295 g/mol. The Morgan fingerprint density at radius 2 is 1.81 bits per heavy atom. The highest BCUT2D eigenvalue weighted by molar-refractivity contribution is 6.62. The third kappa shape index (κ3) is 3.03. The summed E-state index contributed by atoms with van der Waals surface area (Å²) in [5, 5.41) is 2.29. The first-order chi connectivity index (χ1) is 9.66. The maximum atomic E-state index is 14.0. The van der Waals surface area contributed by atoms with Gasteiger partial charge in [0.05, 0.1) is 24.0 Å². The lowest BCUT2D eigenvalue weighted by Gasteiger charge is -2.32. The van der Waals surface area contributed by atoms with Gasteiger partial charge in [-0.05, 0) is 45.3 Å². The van der Waals surface area contributed by atoms with Gasteiger partial charge in [-0.15, -0.1) is 0 Å². The number of nitrogens with one attached hydrogen (secondary N) is 1. The van der Waals surface area contributed by atoms with Crippen molar-refractivity contribution in [2.24, 2.45) is 0 Å². The van der Waals surface area contributed by atoms with Crippen LogP contribution in [0.5, 0.6) is 0 Å². The molecule has 0 spiro atoms. The molecule has 1 saturated heterocycles. The number of hydrogen-bond acceptors (Lipinski definition) is 4. The summed E-state index contributed by atoms with van der Waals surface area (Å²) in [7, 11) is 0.572. The van der Waals surface area contributed by atoms with Gasteiger partial charge in [-0.25, -0.2) is 9.18 Å². The molecule has 7 heteroatoms. The zero-order chi connectivity index (χ0) is 15.8. The second kappa shape index (κ2) is 5.31. The first-order valence-electron chi connectivity index (χ1n) is 6.66. The molecule has 0 aliphatic carbocycles. The minimum absolute atomic E-state index is 0.0436. The summed E-state index contributed by atoms with van der Waals surface area (Å²) in [6, 6.07) is 4.39. The Kier molecular flexibility index (Phi) is 3.99. The summed E-state index contributed by atoms with van der Waals surface area (Å²) < 4.78 is 30.1. The van der Waals surface area contributed by atoms with Crippen LogP contribution in [0.3, 0.4) is 0 Å². The molecule has 0 aromatic heterocycles. The Morgan fingerprint density at radius 1 is 1.24 bits per heavy atom. The van der Waals surface area contributed by atoms with Crippen LogP contribution in [0, 0.1) is 5.82 Å². The lowest BCUT2D eigenvalue weighted by molar-refractivity contribution is 0.00578. The van der Waals surface area contributed by atoms with Crippen LogP contribution in [0.1, 0.15) is 27.7 Å². The minimum atomic E-state index is -0.725. The van der Waals surface area contributed by atoms with Crippen molar-refractivity contribution in [3.8, 4) is 0 Å². The van der Waals surface area contributed by atoms with Gasteiger partial charge in [0, 0.05) is 0 Å². The highest BCUT2D eigenvalue weighted by Gasteiger charge is 2.51. The molecular formula is C14H19BFNO4. The maximum absolute atomic E-state index is 14.0. The van der Waals surface area contributed by atoms with Gasteiger partial charge in [0.15, 0.2) is 0 Å². The molecular weight excluding hydrogens is 276 g/mol. The van der Waals surface area contributed by atoms with Crippen LogP contribution in [0.15, 0.2) is 18.2 Å². The molecule has 0 saturated carbocycles. The molecule has 21 heavy (non-hydrogen) atoms. The third-order valence-corrected chi connectivity index (χ3v) is 3.94. The number of carbonyl (C=O) groups is 1. The second-order valence-corrected chi connectivity index (χ2v) is 5.94. The molecule has 1 aromatic rings. The van der Waals surface area contributed by atoms with Crippen LogP contribution in [0.25, 0.3) is 0 Å². The minimum Gasteiger partial charge on any atom is -0.453 e. The van der Waals surface area contributed by atoms with E-state index >= 15 is 0 Å². The van der Waals surface area contributed by atoms with Gasteiger partial charge in [0.1, 0.15) is 5.82 Å². The van der Waals surface area contributed by atoms with Crippen molar-refractivity contribution in [2.75, 3.05) is 12.4 Å². The summed E-state index contributed by atoms with van der Waals surface area (Å²) in [5.41, 5.74) is -0.377. The fraction of sp³-hybridized carbons (Fsp3) is 0.500. The lowest BCUT2D eigenvalue weighted by atomic mass is 9.79. The highest BCUT2D eigenvalue weighted by atomic mass is 19.1. The van der Waals surface area contributed by atoms with Gasteiger partial charge in [0.25, 0.3) is 0 Å². The van der Waals surface area contributed by atoms with Gasteiger partial charge in [0.2, 0.25) is 0 Å². The molecule has 1 amide bonds. The number of benzene rings is 1. The smallest absolute Gasteiger partial charge is 0.453 e. The summed E-state index contributed by atoms with van der Waals surface area (Å²) in [4.78, 5) is 11.1. The zero-order valence-corrected chi connectivity index (χ0v) is 12.8. The van der Waals surface area contributed by atoms with Crippen LogP contribution in [-0.4, -0.2) is 31.5 Å². The van der Waals surface area contributed by atoms with E-state index < -0.39 is 30.2 Å².